The van der Waals surface area contributed by atoms with Crippen LogP contribution in [-0.4, -0.2) is 55.0 Å². The number of phenols is 2. The van der Waals surface area contributed by atoms with Crippen LogP contribution in [0, 0.1) is 0 Å². The van der Waals surface area contributed by atoms with E-state index in [9.17, 15) is 35.5 Å². The van der Waals surface area contributed by atoms with Crippen LogP contribution in [0.25, 0.3) is 0 Å². The second-order valence-corrected chi connectivity index (χ2v) is 18.3. The number of rotatable bonds is 17. The van der Waals surface area contributed by atoms with Crippen molar-refractivity contribution >= 4 is 29.5 Å². The third-order valence-corrected chi connectivity index (χ3v) is 14.0. The molecule has 58 heavy (non-hydrogen) atoms. The number of aromatic hydroxyl groups is 2. The highest BCUT2D eigenvalue weighted by atomic mass is 32.2. The van der Waals surface area contributed by atoms with Crippen molar-refractivity contribution in [3.63, 3.8) is 0 Å². The average molecular weight is 843 g/mol. The Morgan fingerprint density at radius 1 is 0.466 bits per heavy atom. The van der Waals surface area contributed by atoms with E-state index in [1.165, 1.54) is 127 Å². The summed E-state index contributed by atoms with van der Waals surface area (Å²) in [5, 5.41) is 19.4. The summed E-state index contributed by atoms with van der Waals surface area (Å²) in [6, 6.07) is 34.6. The molecule has 0 amide bonds. The molecule has 6 aromatic rings. The van der Waals surface area contributed by atoms with Gasteiger partial charge in [-0.05, 0) is 146 Å². The van der Waals surface area contributed by atoms with Gasteiger partial charge in [0, 0.05) is 6.42 Å². The first kappa shape index (κ1) is 41.3. The van der Waals surface area contributed by atoms with Gasteiger partial charge < -0.3 is 29.2 Å². The Kier molecular flexibility index (Phi) is 12.7. The molecule has 12 nitrogen and oxygen atoms in total. The van der Waals surface area contributed by atoms with Crippen molar-refractivity contribution in [2.24, 2.45) is 0 Å². The SMILES string of the molecule is CCC(Oc1ccc(S(=O)(=O)c2ccc(O)cc2)cc1)Oc1ccc(S(=O)(=O)c2ccc(OCC=CCOc3ccc(S(=O)(=O)c4ccccc4O)cc3)cc2)cc1. The van der Waals surface area contributed by atoms with E-state index in [-0.39, 0.29) is 54.1 Å². The van der Waals surface area contributed by atoms with Gasteiger partial charge in [0.1, 0.15) is 52.6 Å². The Labute approximate surface area is 337 Å². The topological polar surface area (TPSA) is 180 Å². The van der Waals surface area contributed by atoms with Crippen molar-refractivity contribution in [1.29, 1.82) is 0 Å². The number of sulfone groups is 3. The first-order valence-corrected chi connectivity index (χ1v) is 22.2. The fourth-order valence-electron chi connectivity index (χ4n) is 5.45. The maximum absolute atomic E-state index is 13.3. The van der Waals surface area contributed by atoms with Gasteiger partial charge in [0.2, 0.25) is 35.8 Å². The minimum atomic E-state index is -3.89. The van der Waals surface area contributed by atoms with Crippen molar-refractivity contribution in [2.45, 2.75) is 49.0 Å². The van der Waals surface area contributed by atoms with E-state index in [1.807, 2.05) is 6.92 Å². The number of ether oxygens (including phenoxy) is 4. The van der Waals surface area contributed by atoms with Crippen LogP contribution in [0.1, 0.15) is 13.3 Å². The lowest BCUT2D eigenvalue weighted by atomic mass is 10.3. The summed E-state index contributed by atoms with van der Waals surface area (Å²) in [5.41, 5.74) is 0. The lowest BCUT2D eigenvalue weighted by Gasteiger charge is -2.19. The van der Waals surface area contributed by atoms with Gasteiger partial charge in [-0.2, -0.15) is 0 Å². The molecule has 0 saturated carbocycles. The molecule has 0 aliphatic rings. The highest BCUT2D eigenvalue weighted by molar-refractivity contribution is 7.92. The number of hydrogen-bond donors (Lipinski definition) is 2. The minimum Gasteiger partial charge on any atom is -0.508 e. The van der Waals surface area contributed by atoms with Crippen LogP contribution in [0.15, 0.2) is 187 Å². The summed E-state index contributed by atoms with van der Waals surface area (Å²) >= 11 is 0. The third kappa shape index (κ3) is 9.80. The molecule has 1 unspecified atom stereocenters. The van der Waals surface area contributed by atoms with Gasteiger partial charge in [-0.25, -0.2) is 25.3 Å². The highest BCUT2D eigenvalue weighted by Crippen LogP contribution is 2.30. The van der Waals surface area contributed by atoms with E-state index in [0.717, 1.165) is 0 Å². The quantitative estimate of drug-likeness (QED) is 0.0673. The van der Waals surface area contributed by atoms with Crippen molar-refractivity contribution in [3.8, 4) is 34.5 Å². The summed E-state index contributed by atoms with van der Waals surface area (Å²) in [5.74, 6) is 1.28. The van der Waals surface area contributed by atoms with Crippen LogP contribution < -0.4 is 18.9 Å². The Bertz CT molecular complexity index is 2680. The standard InChI is InChI=1S/C43H38O12S3/c1-2-43(54-34-15-25-38(26-16-34)56(46,47)36-19-9-31(44)10-20-36)55-35-17-27-39(28-18-35)57(48,49)37-21-11-32(12-22-37)52-29-5-6-30-53-33-13-23-40(24-14-33)58(50,51)42-8-4-3-7-41(42)45/h3-28,43-45H,2,29-30H2,1H3. The molecule has 0 aromatic heterocycles. The first-order valence-electron chi connectivity index (χ1n) is 17.7. The predicted molar refractivity (Wildman–Crippen MR) is 214 cm³/mol. The molecule has 0 saturated heterocycles. The average Bonchev–Trinajstić information content (AvgIpc) is 3.23. The number of phenolic OH excluding ortho intramolecular Hbond substituents is 2. The van der Waals surface area contributed by atoms with Gasteiger partial charge in [-0.1, -0.05) is 19.1 Å². The van der Waals surface area contributed by atoms with Crippen LogP contribution in [-0.2, 0) is 29.5 Å². The molecule has 300 valence electrons. The second-order valence-electron chi connectivity index (χ2n) is 12.5. The summed E-state index contributed by atoms with van der Waals surface area (Å²) in [6.07, 6.45) is 3.13. The fraction of sp³-hybridized carbons (Fsp3) is 0.116. The van der Waals surface area contributed by atoms with Crippen molar-refractivity contribution in [3.05, 3.63) is 158 Å². The van der Waals surface area contributed by atoms with Crippen molar-refractivity contribution in [1.82, 2.24) is 0 Å². The molecule has 0 aliphatic heterocycles. The summed E-state index contributed by atoms with van der Waals surface area (Å²) in [7, 11) is -11.5. The molecular weight excluding hydrogens is 805 g/mol. The van der Waals surface area contributed by atoms with Gasteiger partial charge in [-0.15, -0.1) is 0 Å². The van der Waals surface area contributed by atoms with Crippen molar-refractivity contribution < 1.29 is 54.4 Å². The van der Waals surface area contributed by atoms with E-state index in [1.54, 1.807) is 30.4 Å². The molecule has 6 rings (SSSR count). The number of benzene rings is 6. The molecule has 15 heteroatoms. The Hall–Kier alpha value is -6.29. The first-order chi connectivity index (χ1) is 27.8. The zero-order chi connectivity index (χ0) is 41.3. The lowest BCUT2D eigenvalue weighted by Crippen LogP contribution is -2.22. The smallest absolute Gasteiger partial charge is 0.240 e. The summed E-state index contributed by atoms with van der Waals surface area (Å²) in [6.45, 7) is 2.21. The summed E-state index contributed by atoms with van der Waals surface area (Å²) < 4.78 is 101. The number of para-hydroxylation sites is 1. The maximum atomic E-state index is 13.3. The van der Waals surface area contributed by atoms with E-state index in [0.29, 0.717) is 29.4 Å². The normalized spacial score (nSPS) is 12.5. The molecule has 0 spiro atoms. The van der Waals surface area contributed by atoms with Crippen LogP contribution >= 0.6 is 0 Å². The zero-order valence-corrected chi connectivity index (χ0v) is 33.4. The van der Waals surface area contributed by atoms with Crippen LogP contribution in [0.5, 0.6) is 34.5 Å². The molecule has 0 heterocycles. The Morgan fingerprint density at radius 3 is 1.19 bits per heavy atom. The molecule has 1 atom stereocenters. The molecule has 0 bridgehead atoms. The van der Waals surface area contributed by atoms with Crippen LogP contribution in [0.2, 0.25) is 0 Å². The van der Waals surface area contributed by atoms with Gasteiger partial charge in [0.15, 0.2) is 0 Å². The fourth-order valence-corrected chi connectivity index (χ4v) is 9.32. The molecule has 0 radical (unpaired) electrons. The zero-order valence-electron chi connectivity index (χ0n) is 30.9. The predicted octanol–water partition coefficient (Wildman–Crippen LogP) is 7.80. The van der Waals surface area contributed by atoms with E-state index < -0.39 is 35.8 Å². The van der Waals surface area contributed by atoms with Gasteiger partial charge in [-0.3, -0.25) is 0 Å². The largest absolute Gasteiger partial charge is 0.508 e. The minimum absolute atomic E-state index is 0.0214. The second kappa shape index (κ2) is 17.9. The van der Waals surface area contributed by atoms with Crippen molar-refractivity contribution in [2.75, 3.05) is 13.2 Å². The Morgan fingerprint density at radius 2 is 0.810 bits per heavy atom. The van der Waals surface area contributed by atoms with E-state index in [4.69, 9.17) is 18.9 Å². The highest BCUT2D eigenvalue weighted by Gasteiger charge is 2.22. The number of hydrogen-bond acceptors (Lipinski definition) is 12. The molecule has 6 aromatic carbocycles. The molecule has 0 fully saturated rings. The molecule has 2 N–H and O–H groups in total. The molecule has 0 aliphatic carbocycles. The Balaban J connectivity index is 0.964. The van der Waals surface area contributed by atoms with Crippen LogP contribution in [0.4, 0.5) is 0 Å². The van der Waals surface area contributed by atoms with E-state index >= 15 is 0 Å². The van der Waals surface area contributed by atoms with Gasteiger partial charge >= 0.3 is 0 Å². The van der Waals surface area contributed by atoms with Gasteiger partial charge in [0.05, 0.1) is 24.5 Å². The van der Waals surface area contributed by atoms with E-state index in [2.05, 4.69) is 0 Å². The monoisotopic (exact) mass is 842 g/mol. The van der Waals surface area contributed by atoms with Crippen LogP contribution in [0.3, 0.4) is 0 Å². The third-order valence-electron chi connectivity index (χ3n) is 8.57. The summed E-state index contributed by atoms with van der Waals surface area (Å²) in [4.78, 5) is 0.0751. The van der Waals surface area contributed by atoms with Gasteiger partial charge in [0.25, 0.3) is 0 Å². The molecular formula is C43H38O12S3. The lowest BCUT2D eigenvalue weighted by molar-refractivity contribution is 0.00323. The maximum Gasteiger partial charge on any atom is 0.240 e.